The predicted molar refractivity (Wildman–Crippen MR) is 117 cm³/mol. The maximum atomic E-state index is 13.1. The topological polar surface area (TPSA) is 100 Å². The summed E-state index contributed by atoms with van der Waals surface area (Å²) < 4.78 is 10.9. The average molecular weight is 433 g/mol. The van der Waals surface area contributed by atoms with Gasteiger partial charge in [0.1, 0.15) is 11.5 Å². The minimum atomic E-state index is -0.888. The number of aliphatic hydroxyl groups is 1. The number of furan rings is 1. The van der Waals surface area contributed by atoms with Crippen molar-refractivity contribution in [1.29, 1.82) is 0 Å². The van der Waals surface area contributed by atoms with E-state index in [1.165, 1.54) is 17.2 Å². The first-order valence-corrected chi connectivity index (χ1v) is 10.2. The largest absolute Gasteiger partial charge is 0.507 e. The van der Waals surface area contributed by atoms with E-state index in [4.69, 9.17) is 9.15 Å². The summed E-state index contributed by atoms with van der Waals surface area (Å²) in [6.45, 7) is 4.06. The van der Waals surface area contributed by atoms with Gasteiger partial charge in [-0.3, -0.25) is 9.59 Å². The van der Waals surface area contributed by atoms with Crippen LogP contribution in [0.25, 0.3) is 5.76 Å². The smallest absolute Gasteiger partial charge is 0.296 e. The van der Waals surface area contributed by atoms with Gasteiger partial charge in [-0.25, -0.2) is 0 Å². The van der Waals surface area contributed by atoms with Crippen LogP contribution in [0, 0.1) is 6.92 Å². The third-order valence-electron chi connectivity index (χ3n) is 5.37. The highest BCUT2D eigenvalue weighted by molar-refractivity contribution is 6.46. The SMILES string of the molecule is CCOc1cc(C2C(=C(O)c3ccc(C)cc3)C(=O)C(=O)N2Cc2ccco2)ccc1O. The molecule has 2 aromatic carbocycles. The number of rotatable bonds is 6. The number of carbonyl (C=O) groups excluding carboxylic acids is 2. The molecule has 1 aliphatic heterocycles. The number of aliphatic hydroxyl groups excluding tert-OH is 1. The molecule has 1 atom stereocenters. The Bertz CT molecular complexity index is 1180. The van der Waals surface area contributed by atoms with Crippen LogP contribution in [0.5, 0.6) is 11.5 Å². The van der Waals surface area contributed by atoms with Gasteiger partial charge >= 0.3 is 0 Å². The third-order valence-corrected chi connectivity index (χ3v) is 5.37. The number of carbonyl (C=O) groups is 2. The van der Waals surface area contributed by atoms with Gasteiger partial charge in [-0.15, -0.1) is 0 Å². The van der Waals surface area contributed by atoms with E-state index in [1.54, 1.807) is 43.3 Å². The van der Waals surface area contributed by atoms with E-state index in [9.17, 15) is 19.8 Å². The van der Waals surface area contributed by atoms with E-state index in [2.05, 4.69) is 0 Å². The van der Waals surface area contributed by atoms with Crippen LogP contribution in [-0.2, 0) is 16.1 Å². The molecule has 2 N–H and O–H groups in total. The molecule has 2 heterocycles. The highest BCUT2D eigenvalue weighted by Gasteiger charge is 2.46. The number of nitrogens with zero attached hydrogens (tertiary/aromatic N) is 1. The lowest BCUT2D eigenvalue weighted by Crippen LogP contribution is -2.29. The number of benzene rings is 2. The number of Topliss-reactive ketones (excluding diaryl/α,β-unsaturated/α-hetero) is 1. The fourth-order valence-corrected chi connectivity index (χ4v) is 3.80. The van der Waals surface area contributed by atoms with Crippen molar-refractivity contribution in [3.63, 3.8) is 0 Å². The van der Waals surface area contributed by atoms with Gasteiger partial charge in [-0.05, 0) is 43.7 Å². The van der Waals surface area contributed by atoms with Gasteiger partial charge < -0.3 is 24.3 Å². The first-order chi connectivity index (χ1) is 15.4. The second-order valence-electron chi connectivity index (χ2n) is 7.53. The number of phenols is 1. The third kappa shape index (κ3) is 3.85. The maximum Gasteiger partial charge on any atom is 0.296 e. The van der Waals surface area contributed by atoms with Crippen molar-refractivity contribution in [3.8, 4) is 11.5 Å². The number of hydrogen-bond donors (Lipinski definition) is 2. The Morgan fingerprint density at radius 2 is 1.88 bits per heavy atom. The predicted octanol–water partition coefficient (Wildman–Crippen LogP) is 4.31. The molecular weight excluding hydrogens is 410 g/mol. The lowest BCUT2D eigenvalue weighted by Gasteiger charge is -2.25. The Balaban J connectivity index is 1.88. The zero-order valence-corrected chi connectivity index (χ0v) is 17.7. The summed E-state index contributed by atoms with van der Waals surface area (Å²) in [6, 6.07) is 14.2. The van der Waals surface area contributed by atoms with E-state index < -0.39 is 17.7 Å². The van der Waals surface area contributed by atoms with Crippen LogP contribution in [0.15, 0.2) is 70.9 Å². The van der Waals surface area contributed by atoms with Crippen LogP contribution in [0.1, 0.15) is 35.4 Å². The fraction of sp³-hybridized carbons (Fsp3) is 0.200. The highest BCUT2D eigenvalue weighted by Crippen LogP contribution is 2.42. The average Bonchev–Trinajstić information content (AvgIpc) is 3.38. The number of ether oxygens (including phenoxy) is 1. The molecule has 0 aliphatic carbocycles. The molecule has 1 unspecified atom stereocenters. The van der Waals surface area contributed by atoms with Crippen molar-refractivity contribution >= 4 is 17.4 Å². The van der Waals surface area contributed by atoms with Crippen molar-refractivity contribution in [3.05, 3.63) is 88.9 Å². The molecule has 3 aromatic rings. The first kappa shape index (κ1) is 21.2. The summed E-state index contributed by atoms with van der Waals surface area (Å²) in [4.78, 5) is 27.4. The molecule has 0 radical (unpaired) electrons. The summed E-state index contributed by atoms with van der Waals surface area (Å²) >= 11 is 0. The normalized spacial score (nSPS) is 17.7. The van der Waals surface area contributed by atoms with Crippen molar-refractivity contribution in [1.82, 2.24) is 4.90 Å². The summed E-state index contributed by atoms with van der Waals surface area (Å²) in [5.41, 5.74) is 1.92. The van der Waals surface area contributed by atoms with Gasteiger partial charge in [0.05, 0.1) is 31.0 Å². The highest BCUT2D eigenvalue weighted by atomic mass is 16.5. The molecule has 1 amide bonds. The minimum Gasteiger partial charge on any atom is -0.507 e. The van der Waals surface area contributed by atoms with Gasteiger partial charge in [0.25, 0.3) is 11.7 Å². The van der Waals surface area contributed by atoms with Gasteiger partial charge in [0.15, 0.2) is 11.5 Å². The maximum absolute atomic E-state index is 13.1. The van der Waals surface area contributed by atoms with Crippen molar-refractivity contribution in [2.75, 3.05) is 6.61 Å². The monoisotopic (exact) mass is 433 g/mol. The molecule has 1 aromatic heterocycles. The Hall–Kier alpha value is -4.00. The summed E-state index contributed by atoms with van der Waals surface area (Å²) in [7, 11) is 0. The number of amides is 1. The number of aromatic hydroxyl groups is 1. The standard InChI is InChI=1S/C25H23NO6/c1-3-31-20-13-17(10-11-19(20)27)22-21(23(28)16-8-6-15(2)7-9-16)24(29)25(30)26(22)14-18-5-4-12-32-18/h4-13,22,27-28H,3,14H2,1-2H3. The fourth-order valence-electron chi connectivity index (χ4n) is 3.80. The number of ketones is 1. The van der Waals surface area contributed by atoms with Gasteiger partial charge in [-0.1, -0.05) is 35.9 Å². The second kappa shape index (κ2) is 8.63. The Morgan fingerprint density at radius 3 is 2.53 bits per heavy atom. The van der Waals surface area contributed by atoms with E-state index in [0.717, 1.165) is 5.56 Å². The number of hydrogen-bond acceptors (Lipinski definition) is 6. The lowest BCUT2D eigenvalue weighted by atomic mass is 9.94. The van der Waals surface area contributed by atoms with Crippen LogP contribution >= 0.6 is 0 Å². The molecular formula is C25H23NO6. The van der Waals surface area contributed by atoms with E-state index in [-0.39, 0.29) is 29.4 Å². The van der Waals surface area contributed by atoms with Gasteiger partial charge in [0, 0.05) is 5.56 Å². The molecule has 1 aliphatic rings. The summed E-state index contributed by atoms with van der Waals surface area (Å²) in [6.07, 6.45) is 1.49. The molecule has 164 valence electrons. The van der Waals surface area contributed by atoms with Crippen molar-refractivity contribution in [2.45, 2.75) is 26.4 Å². The van der Waals surface area contributed by atoms with Crippen LogP contribution in [-0.4, -0.2) is 33.4 Å². The van der Waals surface area contributed by atoms with Crippen molar-refractivity contribution in [2.24, 2.45) is 0 Å². The van der Waals surface area contributed by atoms with Crippen LogP contribution < -0.4 is 4.74 Å². The van der Waals surface area contributed by atoms with Crippen LogP contribution in [0.4, 0.5) is 0 Å². The molecule has 32 heavy (non-hydrogen) atoms. The van der Waals surface area contributed by atoms with Gasteiger partial charge in [-0.2, -0.15) is 0 Å². The molecule has 7 heteroatoms. The number of phenolic OH excluding ortho intramolecular Hbond substituents is 1. The molecule has 4 rings (SSSR count). The molecule has 1 saturated heterocycles. The zero-order chi connectivity index (χ0) is 22.8. The summed E-state index contributed by atoms with van der Waals surface area (Å²) in [5.74, 6) is -1.13. The van der Waals surface area contributed by atoms with E-state index >= 15 is 0 Å². The Kier molecular flexibility index (Phi) is 5.73. The molecule has 0 spiro atoms. The van der Waals surface area contributed by atoms with Crippen LogP contribution in [0.3, 0.4) is 0 Å². The van der Waals surface area contributed by atoms with Gasteiger partial charge in [0.2, 0.25) is 0 Å². The summed E-state index contributed by atoms with van der Waals surface area (Å²) in [5, 5.41) is 21.2. The van der Waals surface area contributed by atoms with Crippen LogP contribution in [0.2, 0.25) is 0 Å². The number of aryl methyl sites for hydroxylation is 1. The minimum absolute atomic E-state index is 0.0291. The van der Waals surface area contributed by atoms with E-state index in [0.29, 0.717) is 23.5 Å². The first-order valence-electron chi connectivity index (χ1n) is 10.2. The zero-order valence-electron chi connectivity index (χ0n) is 17.7. The molecule has 1 fully saturated rings. The molecule has 0 saturated carbocycles. The molecule has 7 nitrogen and oxygen atoms in total. The molecule has 0 bridgehead atoms. The second-order valence-corrected chi connectivity index (χ2v) is 7.53. The van der Waals surface area contributed by atoms with E-state index in [1.807, 2.05) is 19.1 Å². The lowest BCUT2D eigenvalue weighted by molar-refractivity contribution is -0.140. The Labute approximate surface area is 185 Å². The Morgan fingerprint density at radius 1 is 1.12 bits per heavy atom. The number of likely N-dealkylation sites (tertiary alicyclic amines) is 1. The quantitative estimate of drug-likeness (QED) is 0.341. The van der Waals surface area contributed by atoms with Crippen molar-refractivity contribution < 1.29 is 29.0 Å².